The number of anilines is 1. The Kier molecular flexibility index (Phi) is 5.52. The summed E-state index contributed by atoms with van der Waals surface area (Å²) in [6.45, 7) is 1.92. The third-order valence-electron chi connectivity index (χ3n) is 4.73. The zero-order valence-corrected chi connectivity index (χ0v) is 16.9. The number of nitrogens with zero attached hydrogens (tertiary/aromatic N) is 4. The molecule has 0 aliphatic heterocycles. The van der Waals surface area contributed by atoms with Crippen molar-refractivity contribution in [2.75, 3.05) is 12.1 Å². The van der Waals surface area contributed by atoms with Crippen LogP contribution in [0.2, 0.25) is 0 Å². The fourth-order valence-electron chi connectivity index (χ4n) is 3.12. The number of rotatable bonds is 5. The van der Waals surface area contributed by atoms with Gasteiger partial charge in [-0.25, -0.2) is 15.0 Å². The minimum Gasteiger partial charge on any atom is -0.508 e. The summed E-state index contributed by atoms with van der Waals surface area (Å²) in [4.78, 5) is 9.52. The molecule has 1 heterocycles. The molecular weight excluding hydrogens is 372 g/mol. The molecule has 3 aromatic carbocycles. The average molecular weight is 394 g/mol. The Bertz CT molecular complexity index is 1100. The second-order valence-corrected chi connectivity index (χ2v) is 6.93. The molecule has 4 aromatic rings. The summed E-state index contributed by atoms with van der Waals surface area (Å²) in [5, 5.41) is 15.8. The molecule has 4 rings (SSSR count). The van der Waals surface area contributed by atoms with E-state index in [1.165, 1.54) is 0 Å². The lowest BCUT2D eigenvalue weighted by Crippen LogP contribution is -2.16. The zero-order valence-electron chi connectivity index (χ0n) is 16.9. The van der Waals surface area contributed by atoms with Gasteiger partial charge in [-0.1, -0.05) is 60.7 Å². The van der Waals surface area contributed by atoms with Gasteiger partial charge in [0, 0.05) is 18.2 Å². The summed E-state index contributed by atoms with van der Waals surface area (Å²) in [6, 6.07) is 29.1. The molecule has 0 unspecified atom stereocenters. The van der Waals surface area contributed by atoms with E-state index < -0.39 is 0 Å². The molecule has 0 saturated carbocycles. The molecule has 1 aromatic heterocycles. The lowest BCUT2D eigenvalue weighted by Gasteiger charge is -2.15. The zero-order chi connectivity index (χ0) is 20.9. The lowest BCUT2D eigenvalue weighted by molar-refractivity contribution is 0.475. The van der Waals surface area contributed by atoms with E-state index in [2.05, 4.69) is 5.10 Å². The average Bonchev–Trinajstić information content (AvgIpc) is 2.80. The van der Waals surface area contributed by atoms with E-state index in [-0.39, 0.29) is 5.75 Å². The van der Waals surface area contributed by atoms with Crippen molar-refractivity contribution in [2.45, 2.75) is 6.92 Å². The molecule has 0 radical (unpaired) electrons. The van der Waals surface area contributed by atoms with Crippen molar-refractivity contribution >= 4 is 11.7 Å². The third-order valence-corrected chi connectivity index (χ3v) is 4.73. The number of hydrazone groups is 1. The number of phenols is 1. The Balaban J connectivity index is 1.76. The second-order valence-electron chi connectivity index (χ2n) is 6.93. The Morgan fingerprint density at radius 3 is 1.77 bits per heavy atom. The molecule has 0 aliphatic carbocycles. The maximum atomic E-state index is 9.51. The number of aromatic nitrogens is 2. The van der Waals surface area contributed by atoms with Gasteiger partial charge in [-0.2, -0.15) is 5.10 Å². The summed E-state index contributed by atoms with van der Waals surface area (Å²) >= 11 is 0. The van der Waals surface area contributed by atoms with Crippen LogP contribution in [0.5, 0.6) is 5.75 Å². The minimum absolute atomic E-state index is 0.228. The molecule has 0 bridgehead atoms. The predicted molar refractivity (Wildman–Crippen MR) is 122 cm³/mol. The van der Waals surface area contributed by atoms with E-state index in [0.29, 0.717) is 5.95 Å². The summed E-state index contributed by atoms with van der Waals surface area (Å²) in [5.74, 6) is 0.736. The number of hydrogen-bond donors (Lipinski definition) is 1. The van der Waals surface area contributed by atoms with Crippen molar-refractivity contribution in [1.29, 1.82) is 0 Å². The van der Waals surface area contributed by atoms with Gasteiger partial charge in [-0.3, -0.25) is 0 Å². The SMILES string of the molecule is C/C(=N\N(C)c1nc(-c2ccccc2)cc(-c2ccccc2)n1)c1ccc(O)cc1. The van der Waals surface area contributed by atoms with E-state index in [0.717, 1.165) is 33.8 Å². The summed E-state index contributed by atoms with van der Waals surface area (Å²) < 4.78 is 0. The topological polar surface area (TPSA) is 61.6 Å². The molecule has 0 saturated heterocycles. The molecule has 30 heavy (non-hydrogen) atoms. The first-order chi connectivity index (χ1) is 14.6. The number of hydrogen-bond acceptors (Lipinski definition) is 5. The second kappa shape index (κ2) is 8.57. The fourth-order valence-corrected chi connectivity index (χ4v) is 3.12. The van der Waals surface area contributed by atoms with Gasteiger partial charge in [0.2, 0.25) is 5.95 Å². The Morgan fingerprint density at radius 1 is 0.767 bits per heavy atom. The minimum atomic E-state index is 0.228. The van der Waals surface area contributed by atoms with Gasteiger partial charge in [0.1, 0.15) is 5.75 Å². The quantitative estimate of drug-likeness (QED) is 0.365. The molecule has 1 N–H and O–H groups in total. The first kappa shape index (κ1) is 19.3. The maximum absolute atomic E-state index is 9.51. The first-order valence-corrected chi connectivity index (χ1v) is 9.68. The standard InChI is InChI=1S/C25H22N4O/c1-18(19-13-15-22(30)16-14-19)28-29(2)25-26-23(20-9-5-3-6-10-20)17-24(27-25)21-11-7-4-8-12-21/h3-17,30H,1-2H3/b28-18+. The van der Waals surface area contributed by atoms with Crippen LogP contribution in [0.4, 0.5) is 5.95 Å². The van der Waals surface area contributed by atoms with Crippen molar-refractivity contribution < 1.29 is 5.11 Å². The van der Waals surface area contributed by atoms with E-state index in [1.807, 2.05) is 92.8 Å². The summed E-state index contributed by atoms with van der Waals surface area (Å²) in [5.41, 5.74) is 5.43. The molecule has 0 aliphatic rings. The normalized spacial score (nSPS) is 11.3. The van der Waals surface area contributed by atoms with Gasteiger partial charge in [0.25, 0.3) is 0 Å². The van der Waals surface area contributed by atoms with Crippen LogP contribution < -0.4 is 5.01 Å². The Labute approximate surface area is 176 Å². The van der Waals surface area contributed by atoms with Gasteiger partial charge in [-0.15, -0.1) is 0 Å². The number of benzene rings is 3. The monoisotopic (exact) mass is 394 g/mol. The highest BCUT2D eigenvalue weighted by Crippen LogP contribution is 2.26. The van der Waals surface area contributed by atoms with Crippen molar-refractivity contribution in [3.63, 3.8) is 0 Å². The van der Waals surface area contributed by atoms with Crippen LogP contribution in [-0.2, 0) is 0 Å². The van der Waals surface area contributed by atoms with Crippen molar-refractivity contribution in [1.82, 2.24) is 9.97 Å². The van der Waals surface area contributed by atoms with E-state index in [9.17, 15) is 5.11 Å². The molecule has 5 heteroatoms. The highest BCUT2D eigenvalue weighted by Gasteiger charge is 2.12. The van der Waals surface area contributed by atoms with Crippen molar-refractivity contribution in [2.24, 2.45) is 5.10 Å². The highest BCUT2D eigenvalue weighted by atomic mass is 16.3. The number of aromatic hydroxyl groups is 1. The van der Waals surface area contributed by atoms with E-state index in [4.69, 9.17) is 9.97 Å². The van der Waals surface area contributed by atoms with Gasteiger partial charge >= 0.3 is 0 Å². The van der Waals surface area contributed by atoms with Crippen molar-refractivity contribution in [3.8, 4) is 28.3 Å². The largest absolute Gasteiger partial charge is 0.508 e. The van der Waals surface area contributed by atoms with Crippen LogP contribution in [0, 0.1) is 0 Å². The van der Waals surface area contributed by atoms with Gasteiger partial charge in [0.15, 0.2) is 0 Å². The van der Waals surface area contributed by atoms with Crippen LogP contribution in [-0.4, -0.2) is 27.8 Å². The smallest absolute Gasteiger partial charge is 0.247 e. The van der Waals surface area contributed by atoms with E-state index >= 15 is 0 Å². The van der Waals surface area contributed by atoms with Crippen LogP contribution in [0.25, 0.3) is 22.5 Å². The lowest BCUT2D eigenvalue weighted by atomic mass is 10.1. The fraction of sp³-hybridized carbons (Fsp3) is 0.0800. The Hall–Kier alpha value is -3.99. The third kappa shape index (κ3) is 4.36. The van der Waals surface area contributed by atoms with Crippen LogP contribution >= 0.6 is 0 Å². The highest BCUT2D eigenvalue weighted by molar-refractivity contribution is 5.99. The molecule has 0 fully saturated rings. The molecule has 5 nitrogen and oxygen atoms in total. The van der Waals surface area contributed by atoms with Gasteiger partial charge < -0.3 is 5.11 Å². The maximum Gasteiger partial charge on any atom is 0.247 e. The first-order valence-electron chi connectivity index (χ1n) is 9.68. The summed E-state index contributed by atoms with van der Waals surface area (Å²) in [6.07, 6.45) is 0. The van der Waals surface area contributed by atoms with Crippen LogP contribution in [0.15, 0.2) is 96.1 Å². The van der Waals surface area contributed by atoms with Gasteiger partial charge in [0.05, 0.1) is 17.1 Å². The van der Waals surface area contributed by atoms with Crippen LogP contribution in [0.1, 0.15) is 12.5 Å². The van der Waals surface area contributed by atoms with Gasteiger partial charge in [-0.05, 0) is 42.8 Å². The predicted octanol–water partition coefficient (Wildman–Crippen LogP) is 5.38. The van der Waals surface area contributed by atoms with Crippen LogP contribution in [0.3, 0.4) is 0 Å². The van der Waals surface area contributed by atoms with Crippen molar-refractivity contribution in [3.05, 3.63) is 96.6 Å². The molecule has 0 atom stereocenters. The molecule has 0 amide bonds. The summed E-state index contributed by atoms with van der Waals surface area (Å²) in [7, 11) is 1.84. The molecule has 0 spiro atoms. The number of phenolic OH excluding ortho intramolecular Hbond substituents is 1. The molecule has 148 valence electrons. The molecular formula is C25H22N4O. The van der Waals surface area contributed by atoms with E-state index in [1.54, 1.807) is 17.1 Å². The Morgan fingerprint density at radius 2 is 1.27 bits per heavy atom.